The van der Waals surface area contributed by atoms with Gasteiger partial charge >= 0.3 is 0 Å². The number of carbonyl (C=O) groups excluding carboxylic acids is 1. The molecule has 1 atom stereocenters. The molecule has 0 amide bonds. The van der Waals surface area contributed by atoms with Crippen LogP contribution in [0.25, 0.3) is 5.70 Å². The number of carbonyl (C=O) groups is 1. The molecule has 4 nitrogen and oxygen atoms in total. The molecule has 1 unspecified atom stereocenters. The Balaban J connectivity index is 0.00000271. The predicted molar refractivity (Wildman–Crippen MR) is 193 cm³/mol. The normalized spacial score (nSPS) is 12.6. The van der Waals surface area contributed by atoms with E-state index in [4.69, 9.17) is 0 Å². The van der Waals surface area contributed by atoms with E-state index < -0.39 is 0 Å². The van der Waals surface area contributed by atoms with Crippen molar-refractivity contribution in [2.45, 2.75) is 90.8 Å². The van der Waals surface area contributed by atoms with Crippen LogP contribution >= 0.6 is 0 Å². The number of aldehydes is 1. The second-order valence-electron chi connectivity index (χ2n) is 11.8. The van der Waals surface area contributed by atoms with Crippen LogP contribution in [0, 0.1) is 0 Å². The van der Waals surface area contributed by atoms with Gasteiger partial charge in [0, 0.05) is 42.7 Å². The van der Waals surface area contributed by atoms with E-state index in [2.05, 4.69) is 77.7 Å². The van der Waals surface area contributed by atoms with Gasteiger partial charge < -0.3 is 15.5 Å². The number of aryl methyl sites for hydroxylation is 1. The van der Waals surface area contributed by atoms with Crippen molar-refractivity contribution >= 4 is 12.0 Å². The van der Waals surface area contributed by atoms with E-state index in [0.717, 1.165) is 68.6 Å². The Bertz CT molecular complexity index is 1360. The van der Waals surface area contributed by atoms with Gasteiger partial charge in [0.05, 0.1) is 6.04 Å². The average Bonchev–Trinajstić information content (AvgIpc) is 3.40. The minimum atomic E-state index is 0.228. The van der Waals surface area contributed by atoms with E-state index in [1.54, 1.807) is 0 Å². The third-order valence-electron chi connectivity index (χ3n) is 8.61. The van der Waals surface area contributed by atoms with Crippen LogP contribution in [0.1, 0.15) is 103 Å². The largest absolute Gasteiger partial charge is 0.390 e. The number of benzene rings is 3. The fourth-order valence-corrected chi connectivity index (χ4v) is 5.97. The predicted octanol–water partition coefficient (Wildman–Crippen LogP) is 9.25. The summed E-state index contributed by atoms with van der Waals surface area (Å²) in [5.74, 6) is 0. The van der Waals surface area contributed by atoms with Gasteiger partial charge in [0.15, 0.2) is 0 Å². The molecule has 0 spiro atoms. The minimum Gasteiger partial charge on any atom is -0.390 e. The third kappa shape index (κ3) is 10.9. The summed E-state index contributed by atoms with van der Waals surface area (Å²) in [5, 5.41) is 6.86. The number of fused-ring (bicyclic) bond motifs is 1. The summed E-state index contributed by atoms with van der Waals surface area (Å²) in [6, 6.07) is 23.9. The maximum absolute atomic E-state index is 10.8. The number of hydrogen-bond donors (Lipinski definition) is 2. The first-order valence-corrected chi connectivity index (χ1v) is 16.9. The lowest BCUT2D eigenvalue weighted by Gasteiger charge is -2.32. The van der Waals surface area contributed by atoms with E-state index in [-0.39, 0.29) is 6.04 Å². The van der Waals surface area contributed by atoms with E-state index >= 15 is 0 Å². The molecule has 0 radical (unpaired) electrons. The molecule has 1 aliphatic heterocycles. The van der Waals surface area contributed by atoms with Crippen molar-refractivity contribution in [3.05, 3.63) is 137 Å². The van der Waals surface area contributed by atoms with Crippen molar-refractivity contribution in [2.75, 3.05) is 13.6 Å². The van der Waals surface area contributed by atoms with E-state index in [1.807, 2.05) is 51.2 Å². The summed E-state index contributed by atoms with van der Waals surface area (Å²) < 4.78 is 0. The zero-order chi connectivity index (χ0) is 32.4. The first-order chi connectivity index (χ1) is 22.0. The summed E-state index contributed by atoms with van der Waals surface area (Å²) in [6.07, 6.45) is 13.2. The standard InChI is InChI=1S/C39H49N3O.C2H6/c1-5-6-13-39(30(2)40-4)42-28-37-26-32(22-23-38(37)31(42)3)12-10-8-7-9-11-24-41-27-35-18-14-33(15-19-35)25-34-16-20-36(29-43)21-17-34;1-2/h5,14-23,26,29,39-41H,1-3,6-13,24-25,27-28H2,4H3;1-2H3. The van der Waals surface area contributed by atoms with E-state index in [0.29, 0.717) is 0 Å². The number of rotatable bonds is 19. The van der Waals surface area contributed by atoms with Gasteiger partial charge in [-0.05, 0) is 72.9 Å². The highest BCUT2D eigenvalue weighted by Crippen LogP contribution is 2.36. The summed E-state index contributed by atoms with van der Waals surface area (Å²) in [6.45, 7) is 19.5. The van der Waals surface area contributed by atoms with Gasteiger partial charge in [0.25, 0.3) is 0 Å². The van der Waals surface area contributed by atoms with Crippen molar-refractivity contribution in [3.63, 3.8) is 0 Å². The highest BCUT2D eigenvalue weighted by atomic mass is 16.1. The van der Waals surface area contributed by atoms with Crippen LogP contribution in [-0.4, -0.2) is 30.8 Å². The monoisotopic (exact) mass is 605 g/mol. The Morgan fingerprint density at radius 1 is 0.889 bits per heavy atom. The second kappa shape index (κ2) is 19.5. The van der Waals surface area contributed by atoms with Gasteiger partial charge in [-0.15, -0.1) is 6.58 Å². The van der Waals surface area contributed by atoms with Gasteiger partial charge in [-0.2, -0.15) is 0 Å². The first kappa shape index (κ1) is 35.6. The van der Waals surface area contributed by atoms with E-state index in [9.17, 15) is 4.79 Å². The fourth-order valence-electron chi connectivity index (χ4n) is 5.97. The maximum Gasteiger partial charge on any atom is 0.150 e. The molecule has 0 saturated heterocycles. The number of allylic oxidation sites excluding steroid dienone is 1. The number of unbranched alkanes of at least 4 members (excludes halogenated alkanes) is 4. The lowest BCUT2D eigenvalue weighted by molar-refractivity contribution is 0.112. The Morgan fingerprint density at radius 3 is 2.18 bits per heavy atom. The highest BCUT2D eigenvalue weighted by Gasteiger charge is 2.29. The molecule has 0 aliphatic carbocycles. The zero-order valence-corrected chi connectivity index (χ0v) is 28.0. The van der Waals surface area contributed by atoms with Crippen LogP contribution in [-0.2, 0) is 25.9 Å². The molecular formula is C41H55N3O. The van der Waals surface area contributed by atoms with Crippen molar-refractivity contribution in [1.29, 1.82) is 0 Å². The lowest BCUT2D eigenvalue weighted by Crippen LogP contribution is -2.35. The molecule has 1 aliphatic rings. The average molecular weight is 606 g/mol. The Morgan fingerprint density at radius 2 is 1.51 bits per heavy atom. The molecule has 4 rings (SSSR count). The Kier molecular flexibility index (Phi) is 15.4. The molecule has 1 heterocycles. The summed E-state index contributed by atoms with van der Waals surface area (Å²) in [4.78, 5) is 13.2. The van der Waals surface area contributed by atoms with Crippen molar-refractivity contribution in [1.82, 2.24) is 15.5 Å². The summed E-state index contributed by atoms with van der Waals surface area (Å²) in [7, 11) is 1.95. The number of nitrogens with one attached hydrogen (secondary N) is 2. The molecule has 0 fully saturated rings. The molecular weight excluding hydrogens is 550 g/mol. The Hall–Kier alpha value is -3.89. The fraction of sp³-hybridized carbons (Fsp3) is 0.390. The van der Waals surface area contributed by atoms with Gasteiger partial charge in [-0.25, -0.2) is 0 Å². The summed E-state index contributed by atoms with van der Waals surface area (Å²) in [5.41, 5.74) is 10.8. The van der Waals surface area contributed by atoms with Crippen LogP contribution in [0.3, 0.4) is 0 Å². The maximum atomic E-state index is 10.8. The van der Waals surface area contributed by atoms with Gasteiger partial charge in [0.2, 0.25) is 0 Å². The summed E-state index contributed by atoms with van der Waals surface area (Å²) >= 11 is 0. The zero-order valence-electron chi connectivity index (χ0n) is 28.0. The van der Waals surface area contributed by atoms with E-state index in [1.165, 1.54) is 65.5 Å². The van der Waals surface area contributed by atoms with Crippen LogP contribution in [0.15, 0.2) is 98.2 Å². The first-order valence-electron chi connectivity index (χ1n) is 16.9. The van der Waals surface area contributed by atoms with Crippen LogP contribution in [0.2, 0.25) is 0 Å². The Labute approximate surface area is 273 Å². The lowest BCUT2D eigenvalue weighted by atomic mass is 10.0. The van der Waals surface area contributed by atoms with Crippen molar-refractivity contribution in [3.8, 4) is 0 Å². The number of likely N-dealkylation sites (N-methyl/N-ethyl adjacent to an activating group) is 1. The molecule has 4 heteroatoms. The van der Waals surface area contributed by atoms with Crippen molar-refractivity contribution < 1.29 is 4.79 Å². The highest BCUT2D eigenvalue weighted by molar-refractivity contribution is 5.74. The second-order valence-corrected chi connectivity index (χ2v) is 11.8. The SMILES string of the molecule is C=CCCC(C(=C)NC)N1Cc2cc(CCCCCCCNCc3ccc(Cc4ccc(C=O)cc4)cc3)ccc2C1=C.CC. The van der Waals surface area contributed by atoms with Crippen LogP contribution < -0.4 is 10.6 Å². The van der Waals surface area contributed by atoms with Crippen molar-refractivity contribution in [2.24, 2.45) is 0 Å². The number of nitrogens with zero attached hydrogens (tertiary/aromatic N) is 1. The molecule has 0 bridgehead atoms. The molecule has 0 saturated carbocycles. The quantitative estimate of drug-likeness (QED) is 0.0812. The molecule has 240 valence electrons. The van der Waals surface area contributed by atoms with Crippen LogP contribution in [0.5, 0.6) is 0 Å². The molecule has 2 N–H and O–H groups in total. The smallest absolute Gasteiger partial charge is 0.150 e. The van der Waals surface area contributed by atoms with Gasteiger partial charge in [0.1, 0.15) is 6.29 Å². The topological polar surface area (TPSA) is 44.4 Å². The molecule has 3 aromatic carbocycles. The van der Waals surface area contributed by atoms with Gasteiger partial charge in [-0.3, -0.25) is 4.79 Å². The van der Waals surface area contributed by atoms with Crippen LogP contribution in [0.4, 0.5) is 0 Å². The molecule has 45 heavy (non-hydrogen) atoms. The molecule has 3 aromatic rings. The third-order valence-corrected chi connectivity index (χ3v) is 8.61. The molecule has 0 aromatic heterocycles. The number of hydrogen-bond acceptors (Lipinski definition) is 4. The van der Waals surface area contributed by atoms with Gasteiger partial charge in [-0.1, -0.05) is 119 Å². The minimum absolute atomic E-state index is 0.228.